The molecule has 2 aliphatic rings. The minimum Gasteiger partial charge on any atom is -0.449 e. The second kappa shape index (κ2) is 5.09. The molecule has 0 bridgehead atoms. The summed E-state index contributed by atoms with van der Waals surface area (Å²) in [4.78, 5) is 15.8. The molecular weight excluding hydrogens is 252 g/mol. The number of nitrogens with zero attached hydrogens (tertiary/aromatic N) is 1. The number of piperidine rings is 1. The van der Waals surface area contributed by atoms with Gasteiger partial charge in [0.05, 0.1) is 44.4 Å². The van der Waals surface area contributed by atoms with E-state index >= 15 is 0 Å². The summed E-state index contributed by atoms with van der Waals surface area (Å²) in [6.07, 6.45) is 0.855. The number of aryl methyl sites for hydroxylation is 1. The van der Waals surface area contributed by atoms with E-state index < -0.39 is 0 Å². The maximum atomic E-state index is 12.3. The lowest BCUT2D eigenvalue weighted by Gasteiger charge is -2.33. The zero-order chi connectivity index (χ0) is 14.3. The quantitative estimate of drug-likeness (QED) is 0.839. The van der Waals surface area contributed by atoms with Crippen LogP contribution in [0.5, 0.6) is 0 Å². The van der Waals surface area contributed by atoms with Gasteiger partial charge >= 0.3 is 6.09 Å². The van der Waals surface area contributed by atoms with Crippen molar-refractivity contribution in [2.45, 2.75) is 32.2 Å². The van der Waals surface area contributed by atoms with Gasteiger partial charge in [-0.25, -0.2) is 4.79 Å². The monoisotopic (exact) mass is 275 g/mol. The number of likely N-dealkylation sites (N-methyl/N-ethyl adjacent to an activating group) is 1. The molecule has 1 aromatic carbocycles. The van der Waals surface area contributed by atoms with E-state index in [0.29, 0.717) is 12.5 Å². The molecule has 0 saturated carbocycles. The molecule has 0 radical (unpaired) electrons. The molecular formula is C16H23N2O2+. The first kappa shape index (κ1) is 13.4. The number of benzene rings is 1. The molecule has 2 heterocycles. The number of nitrogens with one attached hydrogen (secondary N) is 1. The lowest BCUT2D eigenvalue weighted by atomic mass is 9.89. The molecule has 3 rings (SSSR count). The van der Waals surface area contributed by atoms with Crippen LogP contribution in [0.15, 0.2) is 18.2 Å². The van der Waals surface area contributed by atoms with Crippen LogP contribution in [0.25, 0.3) is 0 Å². The van der Waals surface area contributed by atoms with Crippen LogP contribution in [0, 0.1) is 6.92 Å². The summed E-state index contributed by atoms with van der Waals surface area (Å²) in [5.74, 6) is 0.447. The smallest absolute Gasteiger partial charge is 0.414 e. The molecule has 0 aliphatic carbocycles. The van der Waals surface area contributed by atoms with E-state index in [0.717, 1.165) is 25.2 Å². The van der Waals surface area contributed by atoms with Crippen molar-refractivity contribution in [2.75, 3.05) is 31.6 Å². The third kappa shape index (κ3) is 2.08. The van der Waals surface area contributed by atoms with Crippen LogP contribution in [-0.2, 0) is 4.74 Å². The largest absolute Gasteiger partial charge is 0.449 e. The van der Waals surface area contributed by atoms with E-state index in [1.165, 1.54) is 11.1 Å². The van der Waals surface area contributed by atoms with Gasteiger partial charge in [0, 0.05) is 6.42 Å². The van der Waals surface area contributed by atoms with Crippen LogP contribution in [0.1, 0.15) is 30.4 Å². The number of fused-ring (bicyclic) bond motifs is 3. The van der Waals surface area contributed by atoms with Crippen molar-refractivity contribution < 1.29 is 14.4 Å². The molecule has 0 aromatic heterocycles. The average molecular weight is 275 g/mol. The molecule has 108 valence electrons. The van der Waals surface area contributed by atoms with Gasteiger partial charge < -0.3 is 9.64 Å². The normalized spacial score (nSPS) is 27.9. The maximum Gasteiger partial charge on any atom is 0.414 e. The van der Waals surface area contributed by atoms with Gasteiger partial charge in [-0.2, -0.15) is 0 Å². The molecule has 1 unspecified atom stereocenters. The molecule has 20 heavy (non-hydrogen) atoms. The summed E-state index contributed by atoms with van der Waals surface area (Å²) in [5, 5.41) is 0. The molecule has 1 fully saturated rings. The van der Waals surface area contributed by atoms with Crippen LogP contribution < -0.4 is 9.80 Å². The topological polar surface area (TPSA) is 34.0 Å². The number of anilines is 1. The van der Waals surface area contributed by atoms with Crippen LogP contribution in [0.3, 0.4) is 0 Å². The number of ether oxygens (including phenoxy) is 1. The first-order chi connectivity index (χ1) is 9.61. The number of carbonyl (C=O) groups excluding carboxylic acids is 1. The summed E-state index contributed by atoms with van der Waals surface area (Å²) >= 11 is 0. The first-order valence-corrected chi connectivity index (χ1v) is 7.49. The highest BCUT2D eigenvalue weighted by molar-refractivity contribution is 5.92. The molecule has 1 N–H and O–H groups in total. The Bertz CT molecular complexity index is 529. The predicted octanol–water partition coefficient (Wildman–Crippen LogP) is 1.34. The minimum atomic E-state index is -0.190. The van der Waals surface area contributed by atoms with Gasteiger partial charge in [-0.3, -0.25) is 4.90 Å². The Balaban J connectivity index is 2.01. The molecule has 4 nitrogen and oxygen atoms in total. The van der Waals surface area contributed by atoms with E-state index in [4.69, 9.17) is 4.74 Å². The standard InChI is InChI=1S/C16H22N2O2/c1-4-20-16(19)18-14-6-5-11(2)9-12(14)13-10-17(3)8-7-15(13)18/h5-6,9,13,15H,4,7-8,10H2,1-3H3/p+1/t13-,15-/m0/s1. The molecule has 2 aliphatic heterocycles. The van der Waals surface area contributed by atoms with Crippen molar-refractivity contribution in [3.8, 4) is 0 Å². The summed E-state index contributed by atoms with van der Waals surface area (Å²) in [6, 6.07) is 6.67. The van der Waals surface area contributed by atoms with Crippen LogP contribution >= 0.6 is 0 Å². The second-order valence-electron chi connectivity index (χ2n) is 6.00. The molecule has 4 heteroatoms. The molecule has 1 saturated heterocycles. The molecule has 3 atom stereocenters. The van der Waals surface area contributed by atoms with Crippen LogP contribution in [0.4, 0.5) is 10.5 Å². The van der Waals surface area contributed by atoms with Gasteiger partial charge in [-0.15, -0.1) is 0 Å². The fourth-order valence-corrected chi connectivity index (χ4v) is 3.63. The van der Waals surface area contributed by atoms with Gasteiger partial charge in [0.2, 0.25) is 0 Å². The third-order valence-electron chi connectivity index (χ3n) is 4.54. The number of likely N-dealkylation sites (tertiary alicyclic amines) is 1. The number of carbonyl (C=O) groups is 1. The van der Waals surface area contributed by atoms with E-state index in [9.17, 15) is 4.79 Å². The molecule has 1 aromatic rings. The van der Waals surface area contributed by atoms with E-state index in [1.807, 2.05) is 11.8 Å². The summed E-state index contributed by atoms with van der Waals surface area (Å²) < 4.78 is 5.27. The van der Waals surface area contributed by atoms with E-state index in [2.05, 4.69) is 32.2 Å². The van der Waals surface area contributed by atoms with Crippen LogP contribution in [0.2, 0.25) is 0 Å². The fourth-order valence-electron chi connectivity index (χ4n) is 3.63. The van der Waals surface area contributed by atoms with Crippen molar-refractivity contribution in [1.82, 2.24) is 0 Å². The zero-order valence-electron chi connectivity index (χ0n) is 12.5. The van der Waals surface area contributed by atoms with Crippen molar-refractivity contribution in [3.63, 3.8) is 0 Å². The Morgan fingerprint density at radius 2 is 2.30 bits per heavy atom. The van der Waals surface area contributed by atoms with Crippen molar-refractivity contribution in [3.05, 3.63) is 29.3 Å². The summed E-state index contributed by atoms with van der Waals surface area (Å²) in [5.41, 5.74) is 3.64. The maximum absolute atomic E-state index is 12.3. The zero-order valence-corrected chi connectivity index (χ0v) is 12.5. The van der Waals surface area contributed by atoms with Gasteiger partial charge in [0.1, 0.15) is 0 Å². The Morgan fingerprint density at radius 3 is 3.05 bits per heavy atom. The highest BCUT2D eigenvalue weighted by Crippen LogP contribution is 2.43. The van der Waals surface area contributed by atoms with Gasteiger partial charge in [0.15, 0.2) is 0 Å². The minimum absolute atomic E-state index is 0.190. The Hall–Kier alpha value is -1.55. The van der Waals surface area contributed by atoms with Crippen molar-refractivity contribution in [1.29, 1.82) is 0 Å². The number of rotatable bonds is 1. The molecule has 1 amide bonds. The first-order valence-electron chi connectivity index (χ1n) is 7.49. The summed E-state index contributed by atoms with van der Waals surface area (Å²) in [7, 11) is 2.23. The SMILES string of the molecule is CCOC(=O)N1c2ccc(C)cc2[C@@H]2C[NH+](C)CC[C@@H]21. The Labute approximate surface area is 120 Å². The van der Waals surface area contributed by atoms with Gasteiger partial charge in [0.25, 0.3) is 0 Å². The number of amides is 1. The Morgan fingerprint density at radius 1 is 1.50 bits per heavy atom. The number of hydrogen-bond donors (Lipinski definition) is 1. The third-order valence-corrected chi connectivity index (χ3v) is 4.54. The predicted molar refractivity (Wildman–Crippen MR) is 78.4 cm³/mol. The van der Waals surface area contributed by atoms with E-state index in [1.54, 1.807) is 4.90 Å². The van der Waals surface area contributed by atoms with Gasteiger partial charge in [-0.1, -0.05) is 17.7 Å². The number of quaternary nitrogens is 1. The van der Waals surface area contributed by atoms with Crippen molar-refractivity contribution >= 4 is 11.8 Å². The molecule has 0 spiro atoms. The second-order valence-corrected chi connectivity index (χ2v) is 6.00. The lowest BCUT2D eigenvalue weighted by Crippen LogP contribution is -3.11. The van der Waals surface area contributed by atoms with Gasteiger partial charge in [-0.05, 0) is 25.5 Å². The average Bonchev–Trinajstić information content (AvgIpc) is 2.72. The highest BCUT2D eigenvalue weighted by Gasteiger charge is 2.46. The van der Waals surface area contributed by atoms with Crippen molar-refractivity contribution in [2.24, 2.45) is 0 Å². The Kier molecular flexibility index (Phi) is 3.42. The fraction of sp³-hybridized carbons (Fsp3) is 0.562. The summed E-state index contributed by atoms with van der Waals surface area (Å²) in [6.45, 7) is 6.61. The van der Waals surface area contributed by atoms with Crippen LogP contribution in [-0.4, -0.2) is 38.9 Å². The lowest BCUT2D eigenvalue weighted by molar-refractivity contribution is -0.886. The van der Waals surface area contributed by atoms with E-state index in [-0.39, 0.29) is 12.1 Å². The number of hydrogen-bond acceptors (Lipinski definition) is 2. The highest BCUT2D eigenvalue weighted by atomic mass is 16.6.